The van der Waals surface area contributed by atoms with Crippen molar-refractivity contribution >= 4 is 16.0 Å². The number of nitrogens with one attached hydrogen (secondary N) is 1. The molecule has 0 amide bonds. The number of hydrogen-bond donors (Lipinski definition) is 1. The molecule has 0 aliphatic rings. The Hall–Kier alpha value is -2.45. The lowest BCUT2D eigenvalue weighted by atomic mass is 9.85. The predicted octanol–water partition coefficient (Wildman–Crippen LogP) is 2.15. The largest absolute Gasteiger partial charge is 0.545 e. The van der Waals surface area contributed by atoms with Crippen LogP contribution in [0.1, 0.15) is 42.3 Å². The summed E-state index contributed by atoms with van der Waals surface area (Å²) in [7, 11) is -4.25. The third kappa shape index (κ3) is 5.08. The van der Waals surface area contributed by atoms with E-state index in [1.54, 1.807) is 0 Å². The number of carbonyl (C=O) groups excluding carboxylic acids is 1. The Bertz CT molecular complexity index is 981. The molecule has 0 radical (unpaired) electrons. The quantitative estimate of drug-likeness (QED) is 0.709. The first-order chi connectivity index (χ1) is 12.9. The number of rotatable bonds is 7. The monoisotopic (exact) mass is 408 g/mol. The average Bonchev–Trinajstić information content (AvgIpc) is 2.58. The molecule has 28 heavy (non-hydrogen) atoms. The number of carbonyl (C=O) groups is 1. The van der Waals surface area contributed by atoms with Crippen molar-refractivity contribution in [3.05, 3.63) is 58.9 Å². The topological polar surface area (TPSA) is 95.5 Å². The van der Waals surface area contributed by atoms with E-state index in [1.807, 2.05) is 45.9 Å². The summed E-state index contributed by atoms with van der Waals surface area (Å²) in [6.45, 7) is 7.94. The lowest BCUT2D eigenvalue weighted by molar-refractivity contribution is -0.255. The van der Waals surface area contributed by atoms with Gasteiger partial charge < -0.3 is 14.6 Å². The van der Waals surface area contributed by atoms with Gasteiger partial charge in [0.25, 0.3) is 0 Å². The van der Waals surface area contributed by atoms with Gasteiger partial charge in [-0.1, -0.05) is 45.0 Å². The number of carboxylic acids is 1. The zero-order valence-electron chi connectivity index (χ0n) is 16.2. The molecule has 0 fully saturated rings. The molecule has 2 aromatic carbocycles. The van der Waals surface area contributed by atoms with Gasteiger partial charge in [-0.25, -0.2) is 17.5 Å². The third-order valence-electron chi connectivity index (χ3n) is 4.12. The highest BCUT2D eigenvalue weighted by molar-refractivity contribution is 7.89. The van der Waals surface area contributed by atoms with Crippen molar-refractivity contribution in [1.82, 2.24) is 4.72 Å². The van der Waals surface area contributed by atoms with E-state index >= 15 is 0 Å². The van der Waals surface area contributed by atoms with Crippen LogP contribution in [0, 0.1) is 12.7 Å². The molecule has 0 unspecified atom stereocenters. The van der Waals surface area contributed by atoms with Gasteiger partial charge in [-0.3, -0.25) is 0 Å². The van der Waals surface area contributed by atoms with E-state index in [0.717, 1.165) is 29.3 Å². The summed E-state index contributed by atoms with van der Waals surface area (Å²) in [5.74, 6) is -1.96. The molecule has 0 saturated heterocycles. The fourth-order valence-electron chi connectivity index (χ4n) is 2.68. The normalized spacial score (nSPS) is 12.0. The Morgan fingerprint density at radius 2 is 1.89 bits per heavy atom. The lowest BCUT2D eigenvalue weighted by Gasteiger charge is -2.24. The minimum absolute atomic E-state index is 0.0228. The van der Waals surface area contributed by atoms with Crippen molar-refractivity contribution < 1.29 is 27.4 Å². The van der Waals surface area contributed by atoms with E-state index in [9.17, 15) is 22.7 Å². The highest BCUT2D eigenvalue weighted by Gasteiger charge is 2.22. The van der Waals surface area contributed by atoms with Gasteiger partial charge in [-0.05, 0) is 41.2 Å². The Labute approximate surface area is 164 Å². The van der Waals surface area contributed by atoms with Gasteiger partial charge in [0.1, 0.15) is 23.1 Å². The molecule has 152 valence electrons. The Balaban J connectivity index is 2.11. The second-order valence-electron chi connectivity index (χ2n) is 7.38. The zero-order valence-corrected chi connectivity index (χ0v) is 17.0. The maximum Gasteiger partial charge on any atom is 0.243 e. The fraction of sp³-hybridized carbons (Fsp3) is 0.350. The number of aryl methyl sites for hydroxylation is 1. The van der Waals surface area contributed by atoms with Crippen molar-refractivity contribution in [2.75, 3.05) is 13.2 Å². The van der Waals surface area contributed by atoms with Crippen molar-refractivity contribution in [2.45, 2.75) is 38.0 Å². The Morgan fingerprint density at radius 1 is 1.21 bits per heavy atom. The Morgan fingerprint density at radius 3 is 2.50 bits per heavy atom. The maximum atomic E-state index is 13.9. The molecule has 2 aromatic rings. The van der Waals surface area contributed by atoms with Crippen LogP contribution in [0.15, 0.2) is 41.3 Å². The number of para-hydroxylation sites is 1. The van der Waals surface area contributed by atoms with Crippen LogP contribution in [0.3, 0.4) is 0 Å². The molecule has 0 heterocycles. The highest BCUT2D eigenvalue weighted by Crippen LogP contribution is 2.33. The highest BCUT2D eigenvalue weighted by atomic mass is 32.2. The summed E-state index contributed by atoms with van der Waals surface area (Å²) in [6.07, 6.45) is 0. The lowest BCUT2D eigenvalue weighted by Crippen LogP contribution is -2.30. The molecule has 0 aliphatic carbocycles. The smallest absolute Gasteiger partial charge is 0.243 e. The summed E-state index contributed by atoms with van der Waals surface area (Å²) in [5.41, 5.74) is 1.33. The molecular weight excluding hydrogens is 385 g/mol. The second-order valence-corrected chi connectivity index (χ2v) is 9.12. The van der Waals surface area contributed by atoms with Crippen molar-refractivity contribution in [2.24, 2.45) is 0 Å². The van der Waals surface area contributed by atoms with Gasteiger partial charge in [0.05, 0.1) is 5.97 Å². The second kappa shape index (κ2) is 8.28. The maximum absolute atomic E-state index is 13.9. The molecule has 0 aliphatic heterocycles. The number of benzene rings is 2. The van der Waals surface area contributed by atoms with E-state index < -0.39 is 32.3 Å². The van der Waals surface area contributed by atoms with Crippen LogP contribution in [0.25, 0.3) is 0 Å². The summed E-state index contributed by atoms with van der Waals surface area (Å²) >= 11 is 0. The van der Waals surface area contributed by atoms with Gasteiger partial charge in [-0.2, -0.15) is 0 Å². The van der Waals surface area contributed by atoms with E-state index in [2.05, 4.69) is 4.72 Å². The summed E-state index contributed by atoms with van der Waals surface area (Å²) < 4.78 is 46.5. The van der Waals surface area contributed by atoms with E-state index in [4.69, 9.17) is 4.74 Å². The number of sulfonamides is 1. The number of carboxylic acid groups (broad SMARTS) is 1. The summed E-state index contributed by atoms with van der Waals surface area (Å²) in [5, 5.41) is 10.9. The van der Waals surface area contributed by atoms with Crippen LogP contribution in [0.5, 0.6) is 5.75 Å². The SMILES string of the molecule is Cc1cccc(C(C)(C)C)c1OCCNS(=O)(=O)c1cc(C(=O)[O-])ccc1F. The van der Waals surface area contributed by atoms with Crippen molar-refractivity contribution in [1.29, 1.82) is 0 Å². The Kier molecular flexibility index (Phi) is 6.46. The molecule has 0 bridgehead atoms. The van der Waals surface area contributed by atoms with Crippen LogP contribution in [0.4, 0.5) is 4.39 Å². The van der Waals surface area contributed by atoms with Crippen molar-refractivity contribution in [3.63, 3.8) is 0 Å². The molecule has 0 spiro atoms. The average molecular weight is 408 g/mol. The first-order valence-electron chi connectivity index (χ1n) is 8.67. The van der Waals surface area contributed by atoms with Crippen LogP contribution >= 0.6 is 0 Å². The molecule has 0 atom stereocenters. The number of aromatic carboxylic acids is 1. The van der Waals surface area contributed by atoms with Crippen LogP contribution < -0.4 is 14.6 Å². The van der Waals surface area contributed by atoms with E-state index in [1.165, 1.54) is 0 Å². The molecule has 6 nitrogen and oxygen atoms in total. The molecule has 0 saturated carbocycles. The predicted molar refractivity (Wildman–Crippen MR) is 101 cm³/mol. The van der Waals surface area contributed by atoms with Gasteiger partial charge in [0, 0.05) is 6.54 Å². The van der Waals surface area contributed by atoms with E-state index in [0.29, 0.717) is 5.75 Å². The van der Waals surface area contributed by atoms with Crippen molar-refractivity contribution in [3.8, 4) is 5.75 Å². The summed E-state index contributed by atoms with van der Waals surface area (Å²) in [4.78, 5) is 10.1. The first-order valence-corrected chi connectivity index (χ1v) is 10.2. The standard InChI is InChI=1S/C20H24FNO5S/c1-13-6-5-7-15(20(2,3)4)18(13)27-11-10-22-28(25,26)17-12-14(19(23)24)8-9-16(17)21/h5-9,12,22H,10-11H2,1-4H3,(H,23,24)/p-1. The molecule has 8 heteroatoms. The molecular formula is C20H23FNO5S-. The van der Waals surface area contributed by atoms with E-state index in [-0.39, 0.29) is 18.6 Å². The van der Waals surface area contributed by atoms with Crippen LogP contribution in [0.2, 0.25) is 0 Å². The number of hydrogen-bond acceptors (Lipinski definition) is 5. The minimum Gasteiger partial charge on any atom is -0.545 e. The first kappa shape index (κ1) is 21.8. The van der Waals surface area contributed by atoms with Gasteiger partial charge in [0.2, 0.25) is 10.0 Å². The minimum atomic E-state index is -4.25. The number of halogens is 1. The fourth-order valence-corrected chi connectivity index (χ4v) is 3.79. The number of ether oxygens (including phenoxy) is 1. The summed E-state index contributed by atoms with van der Waals surface area (Å²) in [6, 6.07) is 8.23. The zero-order chi connectivity index (χ0) is 21.1. The van der Waals surface area contributed by atoms with Gasteiger partial charge in [-0.15, -0.1) is 0 Å². The molecule has 1 N–H and O–H groups in total. The molecule has 2 rings (SSSR count). The van der Waals surface area contributed by atoms with Gasteiger partial charge >= 0.3 is 0 Å². The van der Waals surface area contributed by atoms with Crippen LogP contribution in [-0.4, -0.2) is 27.5 Å². The third-order valence-corrected chi connectivity index (χ3v) is 5.59. The molecule has 0 aromatic heterocycles. The van der Waals surface area contributed by atoms with Gasteiger partial charge in [0.15, 0.2) is 0 Å². The van der Waals surface area contributed by atoms with Crippen LogP contribution in [-0.2, 0) is 15.4 Å².